The Bertz CT molecular complexity index is 508. The maximum atomic E-state index is 4.54. The van der Waals surface area contributed by atoms with E-state index in [4.69, 9.17) is 0 Å². The average Bonchev–Trinajstić information content (AvgIpc) is 2.45. The van der Waals surface area contributed by atoms with Gasteiger partial charge >= 0.3 is 0 Å². The van der Waals surface area contributed by atoms with Gasteiger partial charge in [0, 0.05) is 30.0 Å². The van der Waals surface area contributed by atoms with Crippen LogP contribution in [-0.4, -0.2) is 28.3 Å². The Morgan fingerprint density at radius 3 is 2.79 bits per heavy atom. The summed E-state index contributed by atoms with van der Waals surface area (Å²) in [6.45, 7) is 5.47. The van der Waals surface area contributed by atoms with E-state index in [0.29, 0.717) is 0 Å². The number of unbranched alkanes of at least 4 members (excludes halogenated alkanes) is 1. The van der Waals surface area contributed by atoms with Crippen molar-refractivity contribution < 1.29 is 0 Å². The largest absolute Gasteiger partial charge is 0.298 e. The highest BCUT2D eigenvalue weighted by Crippen LogP contribution is 2.18. The van der Waals surface area contributed by atoms with Crippen LogP contribution >= 0.6 is 15.9 Å². The zero-order valence-corrected chi connectivity index (χ0v) is 13.1. The van der Waals surface area contributed by atoms with Gasteiger partial charge < -0.3 is 0 Å². The maximum absolute atomic E-state index is 4.54. The summed E-state index contributed by atoms with van der Waals surface area (Å²) in [4.78, 5) is 7.04. The normalized spacial score (nSPS) is 11.3. The Hall–Kier alpha value is -0.930. The third-order valence-corrected chi connectivity index (χ3v) is 3.69. The van der Waals surface area contributed by atoms with E-state index in [0.717, 1.165) is 30.5 Å². The van der Waals surface area contributed by atoms with E-state index in [-0.39, 0.29) is 0 Å². The molecule has 0 N–H and O–H groups in total. The van der Waals surface area contributed by atoms with Gasteiger partial charge in [-0.3, -0.25) is 9.88 Å². The molecule has 2 nitrogen and oxygen atoms in total. The summed E-state index contributed by atoms with van der Waals surface area (Å²) in [7, 11) is 0. The number of hydrogen-bond donors (Lipinski definition) is 0. The number of para-hydroxylation sites is 1. The van der Waals surface area contributed by atoms with Crippen molar-refractivity contribution >= 4 is 26.8 Å². The van der Waals surface area contributed by atoms with Gasteiger partial charge in [0.15, 0.2) is 0 Å². The molecule has 0 aliphatic rings. The number of benzene rings is 1. The molecule has 0 atom stereocenters. The van der Waals surface area contributed by atoms with Gasteiger partial charge in [0.2, 0.25) is 0 Å². The lowest BCUT2D eigenvalue weighted by Gasteiger charge is -2.21. The SMILES string of the molecule is CCCCN(CCBr)Cc1cccc2cccnc12. The average molecular weight is 321 g/mol. The number of alkyl halides is 1. The molecule has 0 bridgehead atoms. The molecule has 2 rings (SSSR count). The molecule has 0 amide bonds. The molecule has 102 valence electrons. The van der Waals surface area contributed by atoms with E-state index in [1.165, 1.54) is 23.8 Å². The van der Waals surface area contributed by atoms with E-state index in [9.17, 15) is 0 Å². The number of fused-ring (bicyclic) bond motifs is 1. The highest BCUT2D eigenvalue weighted by Gasteiger charge is 2.08. The van der Waals surface area contributed by atoms with Crippen LogP contribution in [0.1, 0.15) is 25.3 Å². The zero-order chi connectivity index (χ0) is 13.5. The Morgan fingerprint density at radius 2 is 2.00 bits per heavy atom. The molecular weight excluding hydrogens is 300 g/mol. The minimum Gasteiger partial charge on any atom is -0.298 e. The molecular formula is C16H21BrN2. The molecule has 1 heterocycles. The molecule has 0 fully saturated rings. The molecule has 1 aromatic heterocycles. The summed E-state index contributed by atoms with van der Waals surface area (Å²) in [5, 5.41) is 2.25. The van der Waals surface area contributed by atoms with Crippen LogP contribution in [0.3, 0.4) is 0 Å². The Morgan fingerprint density at radius 1 is 1.16 bits per heavy atom. The predicted molar refractivity (Wildman–Crippen MR) is 85.7 cm³/mol. The van der Waals surface area contributed by atoms with Gasteiger partial charge in [-0.2, -0.15) is 0 Å². The third-order valence-electron chi connectivity index (χ3n) is 3.34. The quantitative estimate of drug-likeness (QED) is 0.710. The van der Waals surface area contributed by atoms with E-state index in [1.54, 1.807) is 0 Å². The molecule has 0 saturated heterocycles. The fourth-order valence-electron chi connectivity index (χ4n) is 2.31. The van der Waals surface area contributed by atoms with Gasteiger partial charge in [-0.05, 0) is 24.6 Å². The first-order valence-corrected chi connectivity index (χ1v) is 8.08. The monoisotopic (exact) mass is 320 g/mol. The molecule has 0 unspecified atom stereocenters. The molecule has 0 radical (unpaired) electrons. The molecule has 2 aromatic rings. The zero-order valence-electron chi connectivity index (χ0n) is 11.5. The highest BCUT2D eigenvalue weighted by molar-refractivity contribution is 9.09. The highest BCUT2D eigenvalue weighted by atomic mass is 79.9. The molecule has 0 spiro atoms. The van der Waals surface area contributed by atoms with Crippen LogP contribution in [0, 0.1) is 0 Å². The first-order valence-electron chi connectivity index (χ1n) is 6.96. The minimum absolute atomic E-state index is 0.986. The minimum atomic E-state index is 0.986. The Balaban J connectivity index is 2.18. The lowest BCUT2D eigenvalue weighted by atomic mass is 10.1. The van der Waals surface area contributed by atoms with Crippen molar-refractivity contribution in [3.05, 3.63) is 42.1 Å². The molecule has 0 aliphatic heterocycles. The summed E-state index contributed by atoms with van der Waals surface area (Å²) in [5.41, 5.74) is 2.47. The number of nitrogens with zero attached hydrogens (tertiary/aromatic N) is 2. The van der Waals surface area contributed by atoms with Crippen molar-refractivity contribution in [1.29, 1.82) is 0 Å². The lowest BCUT2D eigenvalue weighted by molar-refractivity contribution is 0.279. The maximum Gasteiger partial charge on any atom is 0.0746 e. The van der Waals surface area contributed by atoms with Crippen molar-refractivity contribution in [3.8, 4) is 0 Å². The van der Waals surface area contributed by atoms with Gasteiger partial charge in [-0.1, -0.05) is 53.5 Å². The first-order chi connectivity index (χ1) is 9.35. The molecule has 0 aliphatic carbocycles. The van der Waals surface area contributed by atoms with Crippen LogP contribution in [0.4, 0.5) is 0 Å². The predicted octanol–water partition coefficient (Wildman–Crippen LogP) is 4.23. The van der Waals surface area contributed by atoms with Gasteiger partial charge in [0.25, 0.3) is 0 Å². The van der Waals surface area contributed by atoms with Crippen LogP contribution < -0.4 is 0 Å². The van der Waals surface area contributed by atoms with Crippen molar-refractivity contribution in [2.45, 2.75) is 26.3 Å². The Kier molecular flexibility index (Phi) is 5.80. The van der Waals surface area contributed by atoms with E-state index in [2.05, 4.69) is 57.0 Å². The summed E-state index contributed by atoms with van der Waals surface area (Å²) in [5.74, 6) is 0. The van der Waals surface area contributed by atoms with Crippen molar-refractivity contribution in [2.24, 2.45) is 0 Å². The van der Waals surface area contributed by atoms with Crippen LogP contribution in [0.2, 0.25) is 0 Å². The summed E-state index contributed by atoms with van der Waals surface area (Å²) in [6.07, 6.45) is 4.38. The molecule has 1 aromatic carbocycles. The van der Waals surface area contributed by atoms with Crippen molar-refractivity contribution in [1.82, 2.24) is 9.88 Å². The van der Waals surface area contributed by atoms with E-state index >= 15 is 0 Å². The lowest BCUT2D eigenvalue weighted by Crippen LogP contribution is -2.26. The standard InChI is InChI=1S/C16H21BrN2/c1-2-3-11-19(12-9-17)13-15-7-4-6-14-8-5-10-18-16(14)15/h4-8,10H,2-3,9,11-13H2,1H3. The molecule has 0 saturated carbocycles. The molecule has 3 heteroatoms. The molecule has 19 heavy (non-hydrogen) atoms. The summed E-state index contributed by atoms with van der Waals surface area (Å²) >= 11 is 3.55. The Labute approximate surface area is 124 Å². The fraction of sp³-hybridized carbons (Fsp3) is 0.438. The van der Waals surface area contributed by atoms with Gasteiger partial charge in [-0.25, -0.2) is 0 Å². The summed E-state index contributed by atoms with van der Waals surface area (Å²) < 4.78 is 0. The number of halogens is 1. The van der Waals surface area contributed by atoms with Gasteiger partial charge in [0.1, 0.15) is 0 Å². The van der Waals surface area contributed by atoms with Crippen molar-refractivity contribution in [2.75, 3.05) is 18.4 Å². The third kappa shape index (κ3) is 4.02. The van der Waals surface area contributed by atoms with E-state index in [1.807, 2.05) is 12.3 Å². The van der Waals surface area contributed by atoms with Crippen LogP contribution in [0.5, 0.6) is 0 Å². The second kappa shape index (κ2) is 7.61. The second-order valence-corrected chi connectivity index (χ2v) is 5.60. The summed E-state index contributed by atoms with van der Waals surface area (Å²) in [6, 6.07) is 10.6. The number of rotatable bonds is 7. The van der Waals surface area contributed by atoms with E-state index < -0.39 is 0 Å². The van der Waals surface area contributed by atoms with Gasteiger partial charge in [0.05, 0.1) is 5.52 Å². The number of hydrogen-bond acceptors (Lipinski definition) is 2. The fourth-order valence-corrected chi connectivity index (χ4v) is 2.81. The number of pyridine rings is 1. The van der Waals surface area contributed by atoms with Crippen molar-refractivity contribution in [3.63, 3.8) is 0 Å². The van der Waals surface area contributed by atoms with Crippen LogP contribution in [-0.2, 0) is 6.54 Å². The topological polar surface area (TPSA) is 16.1 Å². The van der Waals surface area contributed by atoms with Crippen LogP contribution in [0.25, 0.3) is 10.9 Å². The van der Waals surface area contributed by atoms with Gasteiger partial charge in [-0.15, -0.1) is 0 Å². The van der Waals surface area contributed by atoms with Crippen LogP contribution in [0.15, 0.2) is 36.5 Å². The number of aromatic nitrogens is 1. The second-order valence-electron chi connectivity index (χ2n) is 4.81. The smallest absolute Gasteiger partial charge is 0.0746 e. The first kappa shape index (κ1) is 14.5.